The number of nitrogens with one attached hydrogen (secondary N) is 2. The highest BCUT2D eigenvalue weighted by molar-refractivity contribution is 7.09. The van der Waals surface area contributed by atoms with E-state index in [1.54, 1.807) is 23.5 Å². The lowest BCUT2D eigenvalue weighted by Gasteiger charge is -2.39. The van der Waals surface area contributed by atoms with Crippen molar-refractivity contribution in [3.05, 3.63) is 51.2 Å². The van der Waals surface area contributed by atoms with Gasteiger partial charge < -0.3 is 30.5 Å². The van der Waals surface area contributed by atoms with Gasteiger partial charge in [-0.2, -0.15) is 0 Å². The second-order valence-corrected chi connectivity index (χ2v) is 15.3. The van der Waals surface area contributed by atoms with Gasteiger partial charge in [-0.25, -0.2) is 9.37 Å². The average molecular weight is 732 g/mol. The summed E-state index contributed by atoms with van der Waals surface area (Å²) in [5, 5.41) is 29.1. The number of carbonyl (C=O) groups excluding carboxylic acids is 3. The minimum Gasteiger partial charge on any atom is -0.481 e. The van der Waals surface area contributed by atoms with Crippen molar-refractivity contribution in [1.29, 1.82) is 0 Å². The van der Waals surface area contributed by atoms with Crippen LogP contribution in [0.2, 0.25) is 0 Å². The summed E-state index contributed by atoms with van der Waals surface area (Å²) in [5.41, 5.74) is 1.17. The summed E-state index contributed by atoms with van der Waals surface area (Å²) in [6.45, 7) is 9.24. The molecule has 4 rings (SSSR count). The van der Waals surface area contributed by atoms with Crippen molar-refractivity contribution in [3.8, 4) is 0 Å². The molecule has 1 fully saturated rings. The summed E-state index contributed by atoms with van der Waals surface area (Å²) < 4.78 is 19.2. The maximum Gasteiger partial charge on any atom is 0.311 e. The highest BCUT2D eigenvalue weighted by atomic mass is 32.1. The zero-order valence-electron chi connectivity index (χ0n) is 30.6. The second kappa shape index (κ2) is 18.3. The topological polar surface area (TPSA) is 161 Å². The monoisotopic (exact) mass is 731 g/mol. The lowest BCUT2D eigenvalue weighted by molar-refractivity contribution is -0.143. The van der Waals surface area contributed by atoms with Crippen molar-refractivity contribution in [1.82, 2.24) is 25.4 Å². The van der Waals surface area contributed by atoms with Crippen LogP contribution in [0.15, 0.2) is 23.6 Å². The first-order valence-corrected chi connectivity index (χ1v) is 18.9. The Balaban J connectivity index is 1.48. The van der Waals surface area contributed by atoms with E-state index < -0.39 is 47.8 Å². The minimum atomic E-state index is -1.10. The van der Waals surface area contributed by atoms with Crippen LogP contribution in [-0.2, 0) is 25.5 Å². The normalized spacial score (nSPS) is 21.6. The quantitative estimate of drug-likeness (QED) is 0.199. The Morgan fingerprint density at radius 3 is 2.59 bits per heavy atom. The number of hydrogen-bond donors (Lipinski definition) is 4. The number of methoxy groups -OCH3 is 1. The molecule has 0 saturated carbocycles. The first-order valence-electron chi connectivity index (χ1n) is 18.0. The molecule has 1 aromatic carbocycles. The molecule has 1 aliphatic heterocycles. The number of benzene rings is 1. The Morgan fingerprint density at radius 2 is 1.94 bits per heavy atom. The molecule has 2 aliphatic rings. The van der Waals surface area contributed by atoms with Crippen LogP contribution in [-0.4, -0.2) is 107 Å². The van der Waals surface area contributed by atoms with Gasteiger partial charge in [-0.3, -0.25) is 24.1 Å². The fourth-order valence-corrected chi connectivity index (χ4v) is 8.02. The maximum atomic E-state index is 14.4. The summed E-state index contributed by atoms with van der Waals surface area (Å²) >= 11 is 1.13. The van der Waals surface area contributed by atoms with Crippen LogP contribution in [0, 0.1) is 17.7 Å². The van der Waals surface area contributed by atoms with Crippen LogP contribution >= 0.6 is 11.3 Å². The number of piperidine rings is 1. The van der Waals surface area contributed by atoms with Gasteiger partial charge in [0.25, 0.3) is 5.91 Å². The molecule has 0 spiro atoms. The number of aliphatic hydroxyl groups excluding tert-OH is 1. The van der Waals surface area contributed by atoms with Crippen LogP contribution in [0.3, 0.4) is 0 Å². The number of aliphatic carboxylic acids is 1. The number of likely N-dealkylation sites (N-methyl/N-ethyl adjacent to an activating group) is 1. The molecular weight excluding hydrogens is 678 g/mol. The minimum absolute atomic E-state index is 0.0780. The van der Waals surface area contributed by atoms with Crippen molar-refractivity contribution >= 4 is 35.0 Å². The molecule has 1 saturated heterocycles. The van der Waals surface area contributed by atoms with Crippen molar-refractivity contribution in [2.45, 2.75) is 109 Å². The summed E-state index contributed by atoms with van der Waals surface area (Å²) in [6.07, 6.45) is 2.92. The number of thiazole rings is 1. The Labute approximate surface area is 304 Å². The highest BCUT2D eigenvalue weighted by Crippen LogP contribution is 2.33. The molecule has 51 heavy (non-hydrogen) atoms. The summed E-state index contributed by atoms with van der Waals surface area (Å²) in [7, 11) is 3.50. The third-order valence-electron chi connectivity index (χ3n) is 10.4. The van der Waals surface area contributed by atoms with Crippen molar-refractivity contribution < 1.29 is 38.5 Å². The number of aromatic nitrogens is 1. The molecule has 14 heteroatoms. The van der Waals surface area contributed by atoms with E-state index in [1.807, 2.05) is 39.6 Å². The van der Waals surface area contributed by atoms with E-state index in [0.717, 1.165) is 37.1 Å². The number of carboxylic acids is 1. The third kappa shape index (κ3) is 10.1. The van der Waals surface area contributed by atoms with Crippen LogP contribution in [0.5, 0.6) is 0 Å². The van der Waals surface area contributed by atoms with E-state index in [2.05, 4.69) is 15.6 Å². The molecule has 1 aliphatic carbocycles. The molecular formula is C37H54FN5O7S. The average Bonchev–Trinajstić information content (AvgIpc) is 3.60. The van der Waals surface area contributed by atoms with Gasteiger partial charge in [0, 0.05) is 37.5 Å². The highest BCUT2D eigenvalue weighted by Gasteiger charge is 2.38. The van der Waals surface area contributed by atoms with Crippen molar-refractivity contribution in [3.63, 3.8) is 0 Å². The van der Waals surface area contributed by atoms with E-state index in [9.17, 15) is 33.8 Å². The molecule has 2 aromatic rings. The zero-order valence-corrected chi connectivity index (χ0v) is 31.4. The van der Waals surface area contributed by atoms with Crippen molar-refractivity contribution in [2.24, 2.45) is 11.8 Å². The van der Waals surface area contributed by atoms with Crippen LogP contribution in [0.4, 0.5) is 4.39 Å². The number of fused-ring (bicyclic) bond motifs is 1. The number of carboxylic acid groups (broad SMARTS) is 1. The molecule has 12 nitrogen and oxygen atoms in total. The summed E-state index contributed by atoms with van der Waals surface area (Å²) in [6, 6.07) is 2.08. The number of hydrogen-bond acceptors (Lipinski definition) is 9. The van der Waals surface area contributed by atoms with E-state index in [1.165, 1.54) is 12.1 Å². The number of ether oxygens (including phenoxy) is 1. The fraction of sp³-hybridized carbons (Fsp3) is 0.649. The Kier molecular flexibility index (Phi) is 14.5. The van der Waals surface area contributed by atoms with E-state index in [4.69, 9.17) is 4.74 Å². The molecule has 7 atom stereocenters. The lowest BCUT2D eigenvalue weighted by Crippen LogP contribution is -2.59. The van der Waals surface area contributed by atoms with Gasteiger partial charge in [0.15, 0.2) is 0 Å². The first-order chi connectivity index (χ1) is 24.2. The summed E-state index contributed by atoms with van der Waals surface area (Å²) in [5.74, 6) is -3.65. The fourth-order valence-electron chi connectivity index (χ4n) is 7.22. The van der Waals surface area contributed by atoms with Gasteiger partial charge in [0.05, 0.1) is 18.6 Å². The van der Waals surface area contributed by atoms with Gasteiger partial charge in [-0.1, -0.05) is 46.6 Å². The number of halogens is 1. The Hall–Kier alpha value is -3.46. The van der Waals surface area contributed by atoms with Crippen LogP contribution in [0.1, 0.15) is 105 Å². The largest absolute Gasteiger partial charge is 0.481 e. The van der Waals surface area contributed by atoms with Gasteiger partial charge >= 0.3 is 5.97 Å². The number of aliphatic hydroxyl groups is 1. The number of likely N-dealkylation sites (tertiary alicyclic amines) is 1. The summed E-state index contributed by atoms with van der Waals surface area (Å²) in [4.78, 5) is 61.3. The molecule has 282 valence electrons. The van der Waals surface area contributed by atoms with Crippen LogP contribution < -0.4 is 10.6 Å². The molecule has 4 N–H and O–H groups in total. The number of amides is 3. The molecule has 3 unspecified atom stereocenters. The standard InChI is InChI=1S/C37H54FN5O7S/c1-7-22(4)32(41-34(46)29-10-8-9-13-42(29)5)36(47)43(14-15-50-6)30(21(2)3)19-31(44)35-40-28(20-51-35)33(45)39-25-16-23-11-12-24(38)17-26(23)27(18-25)37(48)49/h11-12,17,20-22,25,27,29-32,44H,7-10,13-16,18-19H2,1-6H3,(H,39,45)(H,41,46)(H,48,49)/t22?,25-,27+,29?,30+,31+,32?/m0/s1. The smallest absolute Gasteiger partial charge is 0.311 e. The number of rotatable bonds is 16. The van der Waals surface area contributed by atoms with E-state index in [0.29, 0.717) is 29.0 Å². The SMILES string of the molecule is CCC(C)C(NC(=O)C1CCCCN1C)C(=O)N(CCOC)[C@H](C[C@@H](O)c1nc(C(=O)N[C@H]2Cc3ccc(F)cc3[C@H](C(=O)O)C2)cs1)C(C)C. The molecule has 2 heterocycles. The molecule has 0 radical (unpaired) electrons. The van der Waals surface area contributed by atoms with Gasteiger partial charge in [0.2, 0.25) is 11.8 Å². The number of nitrogens with zero attached hydrogens (tertiary/aromatic N) is 3. The lowest BCUT2D eigenvalue weighted by atomic mass is 9.80. The second-order valence-electron chi connectivity index (χ2n) is 14.4. The zero-order chi connectivity index (χ0) is 37.4. The Bertz CT molecular complexity index is 1520. The molecule has 0 bridgehead atoms. The number of carbonyl (C=O) groups is 4. The van der Waals surface area contributed by atoms with Gasteiger partial charge in [-0.05, 0) is 74.4 Å². The maximum absolute atomic E-state index is 14.4. The van der Waals surface area contributed by atoms with E-state index >= 15 is 0 Å². The predicted molar refractivity (Wildman–Crippen MR) is 192 cm³/mol. The van der Waals surface area contributed by atoms with Gasteiger partial charge in [-0.15, -0.1) is 11.3 Å². The Morgan fingerprint density at radius 1 is 1.20 bits per heavy atom. The van der Waals surface area contributed by atoms with Crippen molar-refractivity contribution in [2.75, 3.05) is 33.9 Å². The van der Waals surface area contributed by atoms with Gasteiger partial charge in [0.1, 0.15) is 28.7 Å². The van der Waals surface area contributed by atoms with Crippen LogP contribution in [0.25, 0.3) is 0 Å². The van der Waals surface area contributed by atoms with E-state index in [-0.39, 0.29) is 61.4 Å². The first kappa shape index (κ1) is 40.3. The molecule has 1 aromatic heterocycles. The molecule has 3 amide bonds. The third-order valence-corrected chi connectivity index (χ3v) is 11.4. The predicted octanol–water partition coefficient (Wildman–Crippen LogP) is 4.13.